The second kappa shape index (κ2) is 4.60. The third kappa shape index (κ3) is 1.80. The molecule has 0 spiro atoms. The highest BCUT2D eigenvalue weighted by Crippen LogP contribution is 2.37. The standard InChI is InChI=1S/C15H19N3OS/c1-19-11-2-3-12-13(8-11)18(15(20)16-12)14-9-17-6-4-10(14)5-7-17/h2-3,8,10,14H,4-7,9H2,1H3,(H,16,20). The summed E-state index contributed by atoms with van der Waals surface area (Å²) in [6.07, 6.45) is 2.59. The van der Waals surface area contributed by atoms with Crippen LogP contribution in [-0.4, -0.2) is 41.2 Å². The van der Waals surface area contributed by atoms with Crippen LogP contribution in [0.5, 0.6) is 5.75 Å². The van der Waals surface area contributed by atoms with Crippen molar-refractivity contribution in [2.24, 2.45) is 5.92 Å². The van der Waals surface area contributed by atoms with E-state index in [2.05, 4.69) is 26.6 Å². The van der Waals surface area contributed by atoms with Crippen molar-refractivity contribution in [2.75, 3.05) is 26.7 Å². The fraction of sp³-hybridized carbons (Fsp3) is 0.533. The molecule has 1 aromatic carbocycles. The third-order valence-corrected chi connectivity index (χ3v) is 5.18. The average Bonchev–Trinajstić information content (AvgIpc) is 2.83. The topological polar surface area (TPSA) is 33.2 Å². The maximum atomic E-state index is 5.58. The van der Waals surface area contributed by atoms with Gasteiger partial charge in [0.1, 0.15) is 5.75 Å². The Morgan fingerprint density at radius 3 is 2.75 bits per heavy atom. The van der Waals surface area contributed by atoms with Gasteiger partial charge in [0, 0.05) is 12.6 Å². The van der Waals surface area contributed by atoms with Gasteiger partial charge in [-0.05, 0) is 56.2 Å². The smallest absolute Gasteiger partial charge is 0.178 e. The molecule has 1 aromatic heterocycles. The molecule has 5 heteroatoms. The number of H-pyrrole nitrogens is 1. The van der Waals surface area contributed by atoms with E-state index in [0.29, 0.717) is 6.04 Å². The molecule has 1 atom stereocenters. The third-order valence-electron chi connectivity index (χ3n) is 4.88. The number of imidazole rings is 1. The molecule has 0 saturated carbocycles. The van der Waals surface area contributed by atoms with Crippen LogP contribution in [0.25, 0.3) is 11.0 Å². The van der Waals surface area contributed by atoms with Gasteiger partial charge >= 0.3 is 0 Å². The number of benzene rings is 1. The molecular formula is C15H19N3OS. The first kappa shape index (κ1) is 12.4. The minimum absolute atomic E-state index is 0.505. The number of rotatable bonds is 2. The zero-order valence-electron chi connectivity index (χ0n) is 11.6. The molecule has 4 heterocycles. The molecule has 5 rings (SSSR count). The van der Waals surface area contributed by atoms with Gasteiger partial charge < -0.3 is 19.2 Å². The molecule has 3 aliphatic rings. The van der Waals surface area contributed by atoms with E-state index >= 15 is 0 Å². The van der Waals surface area contributed by atoms with Crippen LogP contribution in [0.2, 0.25) is 0 Å². The van der Waals surface area contributed by atoms with E-state index < -0.39 is 0 Å². The van der Waals surface area contributed by atoms with Crippen molar-refractivity contribution in [1.29, 1.82) is 0 Å². The Morgan fingerprint density at radius 2 is 2.10 bits per heavy atom. The Hall–Kier alpha value is -1.33. The van der Waals surface area contributed by atoms with Crippen LogP contribution in [0.1, 0.15) is 18.9 Å². The molecule has 0 radical (unpaired) electrons. The number of aromatic amines is 1. The Bertz CT molecular complexity index is 697. The lowest BCUT2D eigenvalue weighted by Gasteiger charge is -2.45. The van der Waals surface area contributed by atoms with E-state index in [1.54, 1.807) is 7.11 Å². The molecule has 2 bridgehead atoms. The molecule has 2 aromatic rings. The highest BCUT2D eigenvalue weighted by atomic mass is 32.1. The van der Waals surface area contributed by atoms with Crippen molar-refractivity contribution in [3.8, 4) is 5.75 Å². The molecular weight excluding hydrogens is 270 g/mol. The van der Waals surface area contributed by atoms with Crippen LogP contribution in [-0.2, 0) is 0 Å². The fourth-order valence-electron chi connectivity index (χ4n) is 3.78. The van der Waals surface area contributed by atoms with Crippen molar-refractivity contribution < 1.29 is 4.74 Å². The van der Waals surface area contributed by atoms with Crippen LogP contribution >= 0.6 is 12.2 Å². The first-order chi connectivity index (χ1) is 9.76. The van der Waals surface area contributed by atoms with Crippen molar-refractivity contribution in [1.82, 2.24) is 14.5 Å². The van der Waals surface area contributed by atoms with Crippen LogP contribution in [0, 0.1) is 10.7 Å². The highest BCUT2D eigenvalue weighted by molar-refractivity contribution is 7.71. The number of nitrogens with zero attached hydrogens (tertiary/aromatic N) is 2. The molecule has 1 unspecified atom stereocenters. The molecule has 3 aliphatic heterocycles. The normalized spacial score (nSPS) is 28.9. The predicted molar refractivity (Wildman–Crippen MR) is 81.9 cm³/mol. The SMILES string of the molecule is COc1ccc2[nH]c(=S)n(C3CN4CCC3CC4)c2c1. The van der Waals surface area contributed by atoms with E-state index in [9.17, 15) is 0 Å². The summed E-state index contributed by atoms with van der Waals surface area (Å²) in [7, 11) is 1.71. The average molecular weight is 289 g/mol. The van der Waals surface area contributed by atoms with E-state index in [4.69, 9.17) is 17.0 Å². The zero-order valence-corrected chi connectivity index (χ0v) is 12.4. The van der Waals surface area contributed by atoms with Crippen LogP contribution in [0.3, 0.4) is 0 Å². The first-order valence-corrected chi connectivity index (χ1v) is 7.67. The Balaban J connectivity index is 1.86. The maximum Gasteiger partial charge on any atom is 0.178 e. The van der Waals surface area contributed by atoms with Gasteiger partial charge in [-0.1, -0.05) is 0 Å². The second-order valence-electron chi connectivity index (χ2n) is 5.89. The number of methoxy groups -OCH3 is 1. The number of hydrogen-bond acceptors (Lipinski definition) is 3. The van der Waals surface area contributed by atoms with Gasteiger partial charge in [-0.3, -0.25) is 0 Å². The quantitative estimate of drug-likeness (QED) is 0.863. The largest absolute Gasteiger partial charge is 0.497 e. The van der Waals surface area contributed by atoms with E-state index in [0.717, 1.165) is 28.5 Å². The van der Waals surface area contributed by atoms with Gasteiger partial charge in [-0.2, -0.15) is 0 Å². The molecule has 0 amide bonds. The Kier molecular flexibility index (Phi) is 2.86. The fourth-order valence-corrected chi connectivity index (χ4v) is 4.13. The lowest BCUT2D eigenvalue weighted by molar-refractivity contribution is 0.0582. The van der Waals surface area contributed by atoms with Gasteiger partial charge in [0.05, 0.1) is 24.2 Å². The minimum Gasteiger partial charge on any atom is -0.497 e. The zero-order chi connectivity index (χ0) is 13.7. The molecule has 3 fully saturated rings. The summed E-state index contributed by atoms with van der Waals surface area (Å²) in [6.45, 7) is 3.63. The number of aromatic nitrogens is 2. The van der Waals surface area contributed by atoms with Gasteiger partial charge in [0.15, 0.2) is 4.77 Å². The lowest BCUT2D eigenvalue weighted by Crippen LogP contribution is -2.48. The Morgan fingerprint density at radius 1 is 1.30 bits per heavy atom. The number of hydrogen-bond donors (Lipinski definition) is 1. The molecule has 20 heavy (non-hydrogen) atoms. The summed E-state index contributed by atoms with van der Waals surface area (Å²) < 4.78 is 8.53. The van der Waals surface area contributed by atoms with Crippen molar-refractivity contribution in [3.63, 3.8) is 0 Å². The lowest BCUT2D eigenvalue weighted by atomic mass is 9.84. The predicted octanol–water partition coefficient (Wildman–Crippen LogP) is 2.97. The van der Waals surface area contributed by atoms with E-state index in [1.807, 2.05) is 6.07 Å². The summed E-state index contributed by atoms with van der Waals surface area (Å²) in [6, 6.07) is 6.64. The number of piperidine rings is 3. The van der Waals surface area contributed by atoms with Crippen LogP contribution < -0.4 is 4.74 Å². The van der Waals surface area contributed by atoms with E-state index in [-0.39, 0.29) is 0 Å². The number of ether oxygens (including phenoxy) is 1. The summed E-state index contributed by atoms with van der Waals surface area (Å²) in [5, 5.41) is 0. The summed E-state index contributed by atoms with van der Waals surface area (Å²) in [4.78, 5) is 5.90. The summed E-state index contributed by atoms with van der Waals surface area (Å²) in [5.41, 5.74) is 2.28. The number of nitrogens with one attached hydrogen (secondary N) is 1. The van der Waals surface area contributed by atoms with Crippen LogP contribution in [0.4, 0.5) is 0 Å². The van der Waals surface area contributed by atoms with Crippen LogP contribution in [0.15, 0.2) is 18.2 Å². The maximum absolute atomic E-state index is 5.58. The van der Waals surface area contributed by atoms with Crippen molar-refractivity contribution in [3.05, 3.63) is 23.0 Å². The van der Waals surface area contributed by atoms with Crippen molar-refractivity contribution >= 4 is 23.3 Å². The van der Waals surface area contributed by atoms with Gasteiger partial charge in [-0.25, -0.2) is 0 Å². The molecule has 3 saturated heterocycles. The second-order valence-corrected chi connectivity index (χ2v) is 6.28. The van der Waals surface area contributed by atoms with Gasteiger partial charge in [0.25, 0.3) is 0 Å². The Labute approximate surface area is 123 Å². The molecule has 1 N–H and O–H groups in total. The molecule has 4 nitrogen and oxygen atoms in total. The summed E-state index contributed by atoms with van der Waals surface area (Å²) in [5.74, 6) is 1.65. The highest BCUT2D eigenvalue weighted by Gasteiger charge is 2.36. The number of fused-ring (bicyclic) bond motifs is 4. The van der Waals surface area contributed by atoms with Crippen molar-refractivity contribution in [2.45, 2.75) is 18.9 Å². The first-order valence-electron chi connectivity index (χ1n) is 7.27. The monoisotopic (exact) mass is 289 g/mol. The molecule has 0 aliphatic carbocycles. The van der Waals surface area contributed by atoms with Gasteiger partial charge in [-0.15, -0.1) is 0 Å². The summed E-state index contributed by atoms with van der Waals surface area (Å²) >= 11 is 5.58. The molecule has 106 valence electrons. The minimum atomic E-state index is 0.505. The van der Waals surface area contributed by atoms with Gasteiger partial charge in [0.2, 0.25) is 0 Å². The van der Waals surface area contributed by atoms with E-state index in [1.165, 1.54) is 31.4 Å².